The zero-order valence-corrected chi connectivity index (χ0v) is 13.4. The van der Waals surface area contributed by atoms with Crippen molar-refractivity contribution in [1.82, 2.24) is 0 Å². The maximum Gasteiger partial charge on any atom is 0.119 e. The van der Waals surface area contributed by atoms with Gasteiger partial charge in [0.2, 0.25) is 0 Å². The minimum absolute atomic E-state index is 0.322. The maximum atomic E-state index is 5.79. The maximum absolute atomic E-state index is 5.79. The summed E-state index contributed by atoms with van der Waals surface area (Å²) in [4.78, 5) is 0. The molecule has 1 heterocycles. The van der Waals surface area contributed by atoms with Crippen LogP contribution >= 0.6 is 0 Å². The SMILES string of the molecule is C1=CC(Cc2ccc(OCC3CC3)cc2)CC=C1OCC1CO1. The second kappa shape index (κ2) is 6.79. The summed E-state index contributed by atoms with van der Waals surface area (Å²) >= 11 is 0. The molecule has 4 rings (SSSR count). The summed E-state index contributed by atoms with van der Waals surface area (Å²) in [7, 11) is 0. The van der Waals surface area contributed by atoms with E-state index in [9.17, 15) is 0 Å². The Balaban J connectivity index is 1.22. The van der Waals surface area contributed by atoms with Crippen molar-refractivity contribution in [3.05, 3.63) is 53.8 Å². The molecule has 0 radical (unpaired) electrons. The second-order valence-electron chi connectivity index (χ2n) is 6.83. The van der Waals surface area contributed by atoms with E-state index in [4.69, 9.17) is 14.2 Å². The first kappa shape index (κ1) is 14.8. The first-order valence-corrected chi connectivity index (χ1v) is 8.69. The molecule has 2 unspecified atom stereocenters. The first-order chi connectivity index (χ1) is 11.3. The van der Waals surface area contributed by atoms with Gasteiger partial charge in [0.15, 0.2) is 0 Å². The van der Waals surface area contributed by atoms with E-state index >= 15 is 0 Å². The zero-order valence-electron chi connectivity index (χ0n) is 13.4. The van der Waals surface area contributed by atoms with Gasteiger partial charge >= 0.3 is 0 Å². The van der Waals surface area contributed by atoms with Gasteiger partial charge < -0.3 is 14.2 Å². The highest BCUT2D eigenvalue weighted by molar-refractivity contribution is 5.29. The van der Waals surface area contributed by atoms with Crippen LogP contribution in [0.25, 0.3) is 0 Å². The number of benzene rings is 1. The standard InChI is InChI=1S/C20H24O3/c1-2-17(1)12-21-18-7-3-15(4-8-18)11-16-5-9-19(10-6-16)22-13-20-14-23-20/h3-5,7-10,16-17,20H,1-2,6,11-14H2. The largest absolute Gasteiger partial charge is 0.493 e. The van der Waals surface area contributed by atoms with E-state index in [1.165, 1.54) is 18.4 Å². The molecule has 1 saturated heterocycles. The van der Waals surface area contributed by atoms with E-state index in [0.717, 1.165) is 43.5 Å². The molecule has 1 aliphatic heterocycles. The third-order valence-corrected chi connectivity index (χ3v) is 4.60. The van der Waals surface area contributed by atoms with Crippen molar-refractivity contribution in [2.75, 3.05) is 19.8 Å². The Morgan fingerprint density at radius 2 is 1.87 bits per heavy atom. The summed E-state index contributed by atoms with van der Waals surface area (Å²) in [5, 5.41) is 0. The van der Waals surface area contributed by atoms with E-state index in [-0.39, 0.29) is 0 Å². The Hall–Kier alpha value is -1.74. The number of rotatable bonds is 8. The second-order valence-corrected chi connectivity index (χ2v) is 6.83. The molecule has 0 bridgehead atoms. The highest BCUT2D eigenvalue weighted by Crippen LogP contribution is 2.30. The van der Waals surface area contributed by atoms with Crippen molar-refractivity contribution < 1.29 is 14.2 Å². The lowest BCUT2D eigenvalue weighted by molar-refractivity contribution is 0.190. The molecule has 1 aromatic rings. The summed E-state index contributed by atoms with van der Waals surface area (Å²) in [6.07, 6.45) is 11.6. The Labute approximate surface area is 137 Å². The predicted octanol–water partition coefficient (Wildman–Crippen LogP) is 3.89. The molecule has 1 aromatic carbocycles. The van der Waals surface area contributed by atoms with Gasteiger partial charge in [-0.15, -0.1) is 0 Å². The Morgan fingerprint density at radius 3 is 2.52 bits per heavy atom. The third kappa shape index (κ3) is 4.61. The van der Waals surface area contributed by atoms with Gasteiger partial charge in [-0.05, 0) is 67.4 Å². The fraction of sp³-hybridized carbons (Fsp3) is 0.500. The zero-order chi connectivity index (χ0) is 15.5. The van der Waals surface area contributed by atoms with Gasteiger partial charge in [0.05, 0.1) is 13.2 Å². The van der Waals surface area contributed by atoms with E-state index in [0.29, 0.717) is 18.6 Å². The van der Waals surface area contributed by atoms with Crippen LogP contribution in [-0.4, -0.2) is 25.9 Å². The van der Waals surface area contributed by atoms with Gasteiger partial charge in [-0.3, -0.25) is 0 Å². The van der Waals surface area contributed by atoms with E-state index < -0.39 is 0 Å². The third-order valence-electron chi connectivity index (χ3n) is 4.60. The fourth-order valence-electron chi connectivity index (χ4n) is 2.78. The van der Waals surface area contributed by atoms with E-state index in [2.05, 4.69) is 42.5 Å². The summed E-state index contributed by atoms with van der Waals surface area (Å²) in [6.45, 7) is 2.41. The monoisotopic (exact) mass is 312 g/mol. The Morgan fingerprint density at radius 1 is 1.04 bits per heavy atom. The van der Waals surface area contributed by atoms with Crippen molar-refractivity contribution in [3.63, 3.8) is 0 Å². The number of epoxide rings is 1. The van der Waals surface area contributed by atoms with Gasteiger partial charge in [0.1, 0.15) is 24.2 Å². The lowest BCUT2D eigenvalue weighted by Gasteiger charge is -2.17. The van der Waals surface area contributed by atoms with E-state index in [1.54, 1.807) is 0 Å². The molecule has 2 atom stereocenters. The number of ether oxygens (including phenoxy) is 3. The molecular weight excluding hydrogens is 288 g/mol. The quantitative estimate of drug-likeness (QED) is 0.682. The average molecular weight is 312 g/mol. The highest BCUT2D eigenvalue weighted by Gasteiger charge is 2.23. The number of hydrogen-bond acceptors (Lipinski definition) is 3. The molecule has 3 nitrogen and oxygen atoms in total. The van der Waals surface area contributed by atoms with Gasteiger partial charge in [0, 0.05) is 0 Å². The van der Waals surface area contributed by atoms with Crippen molar-refractivity contribution in [2.45, 2.75) is 31.8 Å². The van der Waals surface area contributed by atoms with Crippen molar-refractivity contribution in [2.24, 2.45) is 11.8 Å². The van der Waals surface area contributed by atoms with Gasteiger partial charge in [0.25, 0.3) is 0 Å². The van der Waals surface area contributed by atoms with Crippen molar-refractivity contribution in [3.8, 4) is 5.75 Å². The summed E-state index contributed by atoms with van der Waals surface area (Å²) in [5.41, 5.74) is 1.36. The van der Waals surface area contributed by atoms with Crippen LogP contribution in [0.3, 0.4) is 0 Å². The molecular formula is C20H24O3. The van der Waals surface area contributed by atoms with Crippen molar-refractivity contribution >= 4 is 0 Å². The molecule has 2 fully saturated rings. The van der Waals surface area contributed by atoms with Crippen LogP contribution in [0.15, 0.2) is 48.3 Å². The van der Waals surface area contributed by atoms with Crippen molar-refractivity contribution in [1.29, 1.82) is 0 Å². The van der Waals surface area contributed by atoms with Gasteiger partial charge in [-0.25, -0.2) is 0 Å². The molecule has 3 aliphatic rings. The highest BCUT2D eigenvalue weighted by atomic mass is 16.6. The molecule has 0 amide bonds. The van der Waals surface area contributed by atoms with E-state index in [1.807, 2.05) is 0 Å². The normalized spacial score (nSPS) is 25.8. The summed E-state index contributed by atoms with van der Waals surface area (Å²) in [5.74, 6) is 3.34. The van der Waals surface area contributed by atoms with Crippen LogP contribution in [0.1, 0.15) is 24.8 Å². The molecule has 23 heavy (non-hydrogen) atoms. The molecule has 0 N–H and O–H groups in total. The number of hydrogen-bond donors (Lipinski definition) is 0. The minimum atomic E-state index is 0.322. The van der Waals surface area contributed by atoms with Crippen LogP contribution in [-0.2, 0) is 15.9 Å². The fourth-order valence-corrected chi connectivity index (χ4v) is 2.78. The number of allylic oxidation sites excluding steroid dienone is 3. The smallest absolute Gasteiger partial charge is 0.119 e. The minimum Gasteiger partial charge on any atom is -0.493 e. The van der Waals surface area contributed by atoms with Crippen LogP contribution in [0.2, 0.25) is 0 Å². The van der Waals surface area contributed by atoms with Gasteiger partial charge in [-0.1, -0.05) is 18.2 Å². The van der Waals surface area contributed by atoms with Crippen LogP contribution in [0.5, 0.6) is 5.75 Å². The molecule has 0 spiro atoms. The molecule has 0 aromatic heterocycles. The first-order valence-electron chi connectivity index (χ1n) is 8.69. The van der Waals surface area contributed by atoms with Crippen LogP contribution in [0, 0.1) is 11.8 Å². The summed E-state index contributed by atoms with van der Waals surface area (Å²) in [6, 6.07) is 8.58. The topological polar surface area (TPSA) is 31.0 Å². The predicted molar refractivity (Wildman–Crippen MR) is 89.4 cm³/mol. The van der Waals surface area contributed by atoms with Gasteiger partial charge in [-0.2, -0.15) is 0 Å². The molecule has 3 heteroatoms. The Bertz CT molecular complexity index is 579. The molecule has 1 saturated carbocycles. The Kier molecular flexibility index (Phi) is 4.38. The summed E-state index contributed by atoms with van der Waals surface area (Å²) < 4.78 is 16.7. The average Bonchev–Trinajstić information content (AvgIpc) is 3.48. The lowest BCUT2D eigenvalue weighted by atomic mass is 9.93. The van der Waals surface area contributed by atoms with Crippen LogP contribution < -0.4 is 4.74 Å². The van der Waals surface area contributed by atoms with Crippen LogP contribution in [0.4, 0.5) is 0 Å². The lowest BCUT2D eigenvalue weighted by Crippen LogP contribution is -2.07. The molecule has 122 valence electrons. The molecule has 2 aliphatic carbocycles.